The molecule has 0 unspecified atom stereocenters. The number of ether oxygens (including phenoxy) is 1. The first-order valence-corrected chi connectivity index (χ1v) is 6.88. The molecule has 0 aliphatic rings. The molecule has 0 fully saturated rings. The molecule has 2 aromatic carbocycles. The van der Waals surface area contributed by atoms with E-state index < -0.39 is 0 Å². The van der Waals surface area contributed by atoms with Crippen LogP contribution in [0, 0.1) is 6.92 Å². The van der Waals surface area contributed by atoms with Gasteiger partial charge in [-0.1, -0.05) is 29.3 Å². The molecule has 0 aromatic heterocycles. The van der Waals surface area contributed by atoms with Gasteiger partial charge in [0.1, 0.15) is 5.75 Å². The number of hydrogen-bond donors (Lipinski definition) is 2. The van der Waals surface area contributed by atoms with E-state index in [1.165, 1.54) is 12.1 Å². The van der Waals surface area contributed by atoms with Crippen molar-refractivity contribution in [2.45, 2.75) is 6.92 Å². The SMILES string of the molecule is COc1cc(C)ccc1NC(=O)c1cc(Cl)c(N)c(Cl)c1. The molecule has 0 radical (unpaired) electrons. The third-order valence-corrected chi connectivity index (χ3v) is 3.57. The predicted molar refractivity (Wildman–Crippen MR) is 86.6 cm³/mol. The minimum Gasteiger partial charge on any atom is -0.495 e. The van der Waals surface area contributed by atoms with Crippen LogP contribution in [-0.2, 0) is 0 Å². The van der Waals surface area contributed by atoms with Gasteiger partial charge in [-0.3, -0.25) is 4.79 Å². The predicted octanol–water partition coefficient (Wildman–Crippen LogP) is 4.14. The van der Waals surface area contributed by atoms with Crippen LogP contribution in [0.3, 0.4) is 0 Å². The van der Waals surface area contributed by atoms with Gasteiger partial charge in [0.2, 0.25) is 0 Å². The molecule has 0 aliphatic carbocycles. The van der Waals surface area contributed by atoms with Crippen LogP contribution in [0.4, 0.5) is 11.4 Å². The molecule has 0 spiro atoms. The van der Waals surface area contributed by atoms with E-state index in [0.29, 0.717) is 17.0 Å². The molecular formula is C15H14Cl2N2O2. The summed E-state index contributed by atoms with van der Waals surface area (Å²) in [7, 11) is 1.54. The Labute approximate surface area is 132 Å². The third-order valence-electron chi connectivity index (χ3n) is 2.95. The Morgan fingerprint density at radius 3 is 2.38 bits per heavy atom. The lowest BCUT2D eigenvalue weighted by atomic mass is 10.1. The molecule has 1 amide bonds. The normalized spacial score (nSPS) is 10.3. The Morgan fingerprint density at radius 1 is 1.19 bits per heavy atom. The standard InChI is InChI=1S/C15H14Cl2N2O2/c1-8-3-4-12(13(5-8)21-2)19-15(20)9-6-10(16)14(18)11(17)7-9/h3-7H,18H2,1-2H3,(H,19,20). The van der Waals surface area contributed by atoms with Crippen LogP contribution in [-0.4, -0.2) is 13.0 Å². The van der Waals surface area contributed by atoms with Gasteiger partial charge in [0, 0.05) is 5.56 Å². The highest BCUT2D eigenvalue weighted by Gasteiger charge is 2.13. The molecule has 0 saturated heterocycles. The Hall–Kier alpha value is -1.91. The van der Waals surface area contributed by atoms with Gasteiger partial charge in [-0.25, -0.2) is 0 Å². The van der Waals surface area contributed by atoms with Crippen LogP contribution >= 0.6 is 23.2 Å². The average molecular weight is 325 g/mol. The fourth-order valence-corrected chi connectivity index (χ4v) is 2.30. The second kappa shape index (κ2) is 6.24. The van der Waals surface area contributed by atoms with E-state index in [1.807, 2.05) is 19.1 Å². The van der Waals surface area contributed by atoms with Gasteiger partial charge >= 0.3 is 0 Å². The lowest BCUT2D eigenvalue weighted by molar-refractivity contribution is 0.102. The summed E-state index contributed by atoms with van der Waals surface area (Å²) in [6.45, 7) is 1.94. The quantitative estimate of drug-likeness (QED) is 0.834. The van der Waals surface area contributed by atoms with Gasteiger partial charge < -0.3 is 15.8 Å². The van der Waals surface area contributed by atoms with Crippen molar-refractivity contribution in [1.29, 1.82) is 0 Å². The van der Waals surface area contributed by atoms with Crippen LogP contribution in [0.15, 0.2) is 30.3 Å². The summed E-state index contributed by atoms with van der Waals surface area (Å²) >= 11 is 11.9. The summed E-state index contributed by atoms with van der Waals surface area (Å²) in [5.74, 6) is 0.233. The third kappa shape index (κ3) is 3.40. The van der Waals surface area contributed by atoms with Gasteiger partial charge in [0.25, 0.3) is 5.91 Å². The molecule has 2 aromatic rings. The molecule has 0 atom stereocenters. The maximum Gasteiger partial charge on any atom is 0.255 e. The zero-order chi connectivity index (χ0) is 15.6. The monoisotopic (exact) mass is 324 g/mol. The van der Waals surface area contributed by atoms with Crippen LogP contribution in [0.2, 0.25) is 10.0 Å². The van der Waals surface area contributed by atoms with Crippen molar-refractivity contribution in [3.8, 4) is 5.75 Å². The van der Waals surface area contributed by atoms with Crippen molar-refractivity contribution in [1.82, 2.24) is 0 Å². The second-order valence-electron chi connectivity index (χ2n) is 4.51. The minimum atomic E-state index is -0.346. The number of carbonyl (C=O) groups is 1. The molecule has 0 bridgehead atoms. The summed E-state index contributed by atoms with van der Waals surface area (Å²) < 4.78 is 5.24. The topological polar surface area (TPSA) is 64.3 Å². The van der Waals surface area contributed by atoms with Crippen molar-refractivity contribution in [3.63, 3.8) is 0 Å². The number of methoxy groups -OCH3 is 1. The summed E-state index contributed by atoms with van der Waals surface area (Å²) in [6, 6.07) is 8.42. The molecule has 0 heterocycles. The Bertz CT molecular complexity index is 679. The van der Waals surface area contributed by atoms with Gasteiger partial charge in [-0.05, 0) is 36.8 Å². The van der Waals surface area contributed by atoms with E-state index in [2.05, 4.69) is 5.32 Å². The molecule has 6 heteroatoms. The number of carbonyl (C=O) groups excluding carboxylic acids is 1. The maximum absolute atomic E-state index is 12.3. The number of rotatable bonds is 3. The van der Waals surface area contributed by atoms with Gasteiger partial charge in [0.05, 0.1) is 28.5 Å². The highest BCUT2D eigenvalue weighted by atomic mass is 35.5. The van der Waals surface area contributed by atoms with E-state index >= 15 is 0 Å². The fraction of sp³-hybridized carbons (Fsp3) is 0.133. The number of aryl methyl sites for hydroxylation is 1. The van der Waals surface area contributed by atoms with E-state index in [1.54, 1.807) is 13.2 Å². The first-order valence-electron chi connectivity index (χ1n) is 6.13. The first kappa shape index (κ1) is 15.5. The summed E-state index contributed by atoms with van der Waals surface area (Å²) in [4.78, 5) is 12.3. The van der Waals surface area contributed by atoms with Crippen molar-refractivity contribution in [3.05, 3.63) is 51.5 Å². The Balaban J connectivity index is 2.30. The number of nitrogen functional groups attached to an aromatic ring is 1. The molecule has 2 rings (SSSR count). The summed E-state index contributed by atoms with van der Waals surface area (Å²) in [5, 5.41) is 3.24. The molecule has 21 heavy (non-hydrogen) atoms. The minimum absolute atomic E-state index is 0.239. The number of hydrogen-bond acceptors (Lipinski definition) is 3. The number of nitrogens with one attached hydrogen (secondary N) is 1. The van der Waals surface area contributed by atoms with Crippen molar-refractivity contribution < 1.29 is 9.53 Å². The molecule has 110 valence electrons. The van der Waals surface area contributed by atoms with Gasteiger partial charge in [0.15, 0.2) is 0 Å². The molecule has 4 nitrogen and oxygen atoms in total. The zero-order valence-corrected chi connectivity index (χ0v) is 13.0. The number of amides is 1. The summed E-state index contributed by atoms with van der Waals surface area (Å²) in [5.41, 5.74) is 7.82. The number of anilines is 2. The van der Waals surface area contributed by atoms with Crippen molar-refractivity contribution in [2.75, 3.05) is 18.2 Å². The lowest BCUT2D eigenvalue weighted by Gasteiger charge is -2.12. The highest BCUT2D eigenvalue weighted by molar-refractivity contribution is 6.39. The van der Waals surface area contributed by atoms with Gasteiger partial charge in [-0.2, -0.15) is 0 Å². The zero-order valence-electron chi connectivity index (χ0n) is 11.5. The lowest BCUT2D eigenvalue weighted by Crippen LogP contribution is -2.13. The van der Waals surface area contributed by atoms with E-state index in [-0.39, 0.29) is 21.6 Å². The van der Waals surface area contributed by atoms with Gasteiger partial charge in [-0.15, -0.1) is 0 Å². The molecule has 0 saturated carbocycles. The van der Waals surface area contributed by atoms with E-state index in [9.17, 15) is 4.79 Å². The maximum atomic E-state index is 12.3. The van der Waals surface area contributed by atoms with Crippen LogP contribution in [0.25, 0.3) is 0 Å². The largest absolute Gasteiger partial charge is 0.495 e. The number of nitrogens with two attached hydrogens (primary N) is 1. The van der Waals surface area contributed by atoms with E-state index in [0.717, 1.165) is 5.56 Å². The number of halogens is 2. The second-order valence-corrected chi connectivity index (χ2v) is 5.33. The molecule has 0 aliphatic heterocycles. The van der Waals surface area contributed by atoms with Crippen LogP contribution in [0.1, 0.15) is 15.9 Å². The highest BCUT2D eigenvalue weighted by Crippen LogP contribution is 2.30. The smallest absolute Gasteiger partial charge is 0.255 e. The number of benzene rings is 2. The fourth-order valence-electron chi connectivity index (χ4n) is 1.81. The average Bonchev–Trinajstić information content (AvgIpc) is 2.45. The van der Waals surface area contributed by atoms with Crippen LogP contribution in [0.5, 0.6) is 5.75 Å². The van der Waals surface area contributed by atoms with Crippen LogP contribution < -0.4 is 15.8 Å². The van der Waals surface area contributed by atoms with Crippen molar-refractivity contribution in [2.24, 2.45) is 0 Å². The van der Waals surface area contributed by atoms with E-state index in [4.69, 9.17) is 33.7 Å². The van der Waals surface area contributed by atoms with Crippen molar-refractivity contribution >= 4 is 40.5 Å². The molecular weight excluding hydrogens is 311 g/mol. The first-order chi connectivity index (χ1) is 9.92. The molecule has 3 N–H and O–H groups in total. The Kier molecular flexibility index (Phi) is 4.60. The summed E-state index contributed by atoms with van der Waals surface area (Å²) in [6.07, 6.45) is 0. The Morgan fingerprint density at radius 2 is 1.81 bits per heavy atom.